The molecule has 1 aromatic rings. The standard InChI is InChI=1S/C14H18N4O4/c1-8(2)17-6-5-11(14(17)20)16-13(19)9-3-4-10(15)12(7-9)18(21)22/h3-4,7-8,11H,5-6,15H2,1-2H3,(H,16,19). The summed E-state index contributed by atoms with van der Waals surface area (Å²) >= 11 is 0. The minimum absolute atomic E-state index is 0.00974. The molecule has 0 aliphatic carbocycles. The maximum atomic E-state index is 12.2. The summed E-state index contributed by atoms with van der Waals surface area (Å²) in [6.07, 6.45) is 0.528. The maximum Gasteiger partial charge on any atom is 0.292 e. The second kappa shape index (κ2) is 6.00. The van der Waals surface area contributed by atoms with Crippen LogP contribution in [0.1, 0.15) is 30.6 Å². The summed E-state index contributed by atoms with van der Waals surface area (Å²) in [5.74, 6) is -0.652. The van der Waals surface area contributed by atoms with Gasteiger partial charge in [-0.25, -0.2) is 0 Å². The van der Waals surface area contributed by atoms with E-state index < -0.39 is 16.9 Å². The average molecular weight is 306 g/mol. The molecule has 2 rings (SSSR count). The molecule has 1 aliphatic rings. The molecule has 1 saturated heterocycles. The lowest BCUT2D eigenvalue weighted by atomic mass is 10.1. The van der Waals surface area contributed by atoms with Gasteiger partial charge in [0.25, 0.3) is 11.6 Å². The molecule has 3 N–H and O–H groups in total. The van der Waals surface area contributed by atoms with Crippen molar-refractivity contribution < 1.29 is 14.5 Å². The van der Waals surface area contributed by atoms with Gasteiger partial charge in [0.05, 0.1) is 4.92 Å². The van der Waals surface area contributed by atoms with Crippen LogP contribution in [0.15, 0.2) is 18.2 Å². The molecule has 1 fully saturated rings. The molecule has 1 aromatic carbocycles. The van der Waals surface area contributed by atoms with Gasteiger partial charge in [-0.05, 0) is 32.4 Å². The van der Waals surface area contributed by atoms with Crippen LogP contribution in [-0.2, 0) is 4.79 Å². The molecular weight excluding hydrogens is 288 g/mol. The predicted octanol–water partition coefficient (Wildman–Crippen LogP) is 0.916. The lowest BCUT2D eigenvalue weighted by Crippen LogP contribution is -2.43. The van der Waals surface area contributed by atoms with Gasteiger partial charge in [0.2, 0.25) is 5.91 Å². The first-order valence-corrected chi connectivity index (χ1v) is 6.96. The van der Waals surface area contributed by atoms with E-state index >= 15 is 0 Å². The van der Waals surface area contributed by atoms with Gasteiger partial charge in [0.15, 0.2) is 0 Å². The fourth-order valence-electron chi connectivity index (χ4n) is 2.43. The largest absolute Gasteiger partial charge is 0.393 e. The van der Waals surface area contributed by atoms with Gasteiger partial charge >= 0.3 is 0 Å². The Kier molecular flexibility index (Phi) is 4.30. The number of nitro groups is 1. The molecule has 0 spiro atoms. The molecular formula is C14H18N4O4. The molecule has 0 saturated carbocycles. The Labute approximate surface area is 127 Å². The number of rotatable bonds is 4. The number of nitro benzene ring substituents is 1. The van der Waals surface area contributed by atoms with Crippen molar-refractivity contribution in [2.24, 2.45) is 0 Å². The van der Waals surface area contributed by atoms with E-state index in [0.717, 1.165) is 6.07 Å². The summed E-state index contributed by atoms with van der Waals surface area (Å²) in [6.45, 7) is 4.40. The average Bonchev–Trinajstić information content (AvgIpc) is 2.80. The first-order chi connectivity index (χ1) is 10.3. The Morgan fingerprint density at radius 3 is 2.73 bits per heavy atom. The number of hydrogen-bond donors (Lipinski definition) is 2. The van der Waals surface area contributed by atoms with E-state index in [1.807, 2.05) is 13.8 Å². The van der Waals surface area contributed by atoms with Crippen molar-refractivity contribution in [3.05, 3.63) is 33.9 Å². The third kappa shape index (κ3) is 3.00. The van der Waals surface area contributed by atoms with Gasteiger partial charge in [0, 0.05) is 24.2 Å². The van der Waals surface area contributed by atoms with Crippen LogP contribution in [-0.4, -0.2) is 40.3 Å². The number of carbonyl (C=O) groups excluding carboxylic acids is 2. The predicted molar refractivity (Wildman–Crippen MR) is 80.2 cm³/mol. The number of likely N-dealkylation sites (tertiary alicyclic amines) is 1. The van der Waals surface area contributed by atoms with E-state index in [1.54, 1.807) is 4.90 Å². The highest BCUT2D eigenvalue weighted by molar-refractivity contribution is 5.99. The minimum atomic E-state index is -0.646. The Morgan fingerprint density at radius 1 is 1.50 bits per heavy atom. The summed E-state index contributed by atoms with van der Waals surface area (Å²) in [7, 11) is 0. The number of nitrogens with two attached hydrogens (primary N) is 1. The van der Waals surface area contributed by atoms with Crippen LogP contribution in [0.3, 0.4) is 0 Å². The summed E-state index contributed by atoms with van der Waals surface area (Å²) in [4.78, 5) is 36.2. The number of carbonyl (C=O) groups is 2. The maximum absolute atomic E-state index is 12.2. The number of amides is 2. The molecule has 2 amide bonds. The summed E-state index contributed by atoms with van der Waals surface area (Å²) in [5, 5.41) is 13.5. The first-order valence-electron chi connectivity index (χ1n) is 6.96. The molecule has 0 aromatic heterocycles. The van der Waals surface area contributed by atoms with Crippen molar-refractivity contribution in [2.45, 2.75) is 32.4 Å². The zero-order valence-corrected chi connectivity index (χ0v) is 12.4. The zero-order chi connectivity index (χ0) is 16.4. The third-order valence-corrected chi connectivity index (χ3v) is 3.66. The van der Waals surface area contributed by atoms with Crippen molar-refractivity contribution in [1.82, 2.24) is 10.2 Å². The van der Waals surface area contributed by atoms with Crippen LogP contribution in [0.25, 0.3) is 0 Å². The van der Waals surface area contributed by atoms with Gasteiger partial charge in [-0.2, -0.15) is 0 Å². The highest BCUT2D eigenvalue weighted by Gasteiger charge is 2.34. The van der Waals surface area contributed by atoms with Crippen LogP contribution < -0.4 is 11.1 Å². The molecule has 22 heavy (non-hydrogen) atoms. The second-order valence-electron chi connectivity index (χ2n) is 5.47. The lowest BCUT2D eigenvalue weighted by molar-refractivity contribution is -0.383. The van der Waals surface area contributed by atoms with Gasteiger partial charge in [-0.15, -0.1) is 0 Å². The Hall–Kier alpha value is -2.64. The molecule has 0 radical (unpaired) electrons. The van der Waals surface area contributed by atoms with E-state index in [9.17, 15) is 19.7 Å². The van der Waals surface area contributed by atoms with Crippen molar-refractivity contribution in [3.63, 3.8) is 0 Å². The number of benzene rings is 1. The fourth-order valence-corrected chi connectivity index (χ4v) is 2.43. The summed E-state index contributed by atoms with van der Waals surface area (Å²) in [5.41, 5.74) is 5.27. The van der Waals surface area contributed by atoms with E-state index in [2.05, 4.69) is 5.32 Å². The highest BCUT2D eigenvalue weighted by Crippen LogP contribution is 2.22. The van der Waals surface area contributed by atoms with Crippen molar-refractivity contribution in [1.29, 1.82) is 0 Å². The van der Waals surface area contributed by atoms with Gasteiger partial charge in [0.1, 0.15) is 11.7 Å². The molecule has 8 nitrogen and oxygen atoms in total. The van der Waals surface area contributed by atoms with Crippen LogP contribution in [0.5, 0.6) is 0 Å². The number of nitrogens with zero attached hydrogens (tertiary/aromatic N) is 2. The fraction of sp³-hybridized carbons (Fsp3) is 0.429. The van der Waals surface area contributed by atoms with Crippen LogP contribution in [0, 0.1) is 10.1 Å². The number of nitrogens with one attached hydrogen (secondary N) is 1. The summed E-state index contributed by atoms with van der Waals surface area (Å²) in [6, 6.07) is 3.31. The van der Waals surface area contributed by atoms with Gasteiger partial charge < -0.3 is 16.0 Å². The van der Waals surface area contributed by atoms with Crippen molar-refractivity contribution in [2.75, 3.05) is 12.3 Å². The van der Waals surface area contributed by atoms with Crippen molar-refractivity contribution in [3.8, 4) is 0 Å². The molecule has 1 aliphatic heterocycles. The highest BCUT2D eigenvalue weighted by atomic mass is 16.6. The van der Waals surface area contributed by atoms with Crippen LogP contribution >= 0.6 is 0 Å². The first kappa shape index (κ1) is 15.7. The second-order valence-corrected chi connectivity index (χ2v) is 5.47. The minimum Gasteiger partial charge on any atom is -0.393 e. The Morgan fingerprint density at radius 2 is 2.18 bits per heavy atom. The van der Waals surface area contributed by atoms with Gasteiger partial charge in [-0.3, -0.25) is 19.7 Å². The molecule has 0 bridgehead atoms. The van der Waals surface area contributed by atoms with E-state index in [1.165, 1.54) is 12.1 Å². The Balaban J connectivity index is 2.12. The van der Waals surface area contributed by atoms with Gasteiger partial charge in [-0.1, -0.05) is 0 Å². The van der Waals surface area contributed by atoms with E-state index in [-0.39, 0.29) is 28.9 Å². The normalized spacial score (nSPS) is 17.9. The SMILES string of the molecule is CC(C)N1CCC(NC(=O)c2ccc(N)c([N+](=O)[O-])c2)C1=O. The van der Waals surface area contributed by atoms with Crippen molar-refractivity contribution >= 4 is 23.2 Å². The topological polar surface area (TPSA) is 119 Å². The Bertz CT molecular complexity index is 629. The summed E-state index contributed by atoms with van der Waals surface area (Å²) < 4.78 is 0. The number of hydrogen-bond acceptors (Lipinski definition) is 5. The molecule has 8 heteroatoms. The monoisotopic (exact) mass is 306 g/mol. The van der Waals surface area contributed by atoms with E-state index in [4.69, 9.17) is 5.73 Å². The zero-order valence-electron chi connectivity index (χ0n) is 12.4. The molecule has 1 atom stereocenters. The molecule has 1 heterocycles. The molecule has 1 unspecified atom stereocenters. The van der Waals surface area contributed by atoms with Crippen LogP contribution in [0.4, 0.5) is 11.4 Å². The van der Waals surface area contributed by atoms with Crippen LogP contribution in [0.2, 0.25) is 0 Å². The van der Waals surface area contributed by atoms with E-state index in [0.29, 0.717) is 13.0 Å². The molecule has 118 valence electrons. The smallest absolute Gasteiger partial charge is 0.292 e. The lowest BCUT2D eigenvalue weighted by Gasteiger charge is -2.21. The quantitative estimate of drug-likeness (QED) is 0.487. The number of anilines is 1. The number of nitrogen functional groups attached to an aromatic ring is 1. The third-order valence-electron chi connectivity index (χ3n) is 3.66.